The van der Waals surface area contributed by atoms with Crippen LogP contribution in [0.3, 0.4) is 0 Å². The Hall–Kier alpha value is 0.470. The molecular formula is C8H10BrClS. The molecule has 0 aliphatic rings. The lowest BCUT2D eigenvalue weighted by atomic mass is 10.3. The van der Waals surface area contributed by atoms with Crippen LogP contribution in [0.15, 0.2) is 10.5 Å². The van der Waals surface area contributed by atoms with Crippen molar-refractivity contribution in [3.8, 4) is 0 Å². The zero-order valence-corrected chi connectivity index (χ0v) is 9.68. The van der Waals surface area contributed by atoms with Crippen molar-refractivity contribution in [1.29, 1.82) is 0 Å². The molecule has 0 saturated carbocycles. The number of hydrogen-bond acceptors (Lipinski definition) is 1. The average molecular weight is 254 g/mol. The van der Waals surface area contributed by atoms with Crippen LogP contribution < -0.4 is 0 Å². The summed E-state index contributed by atoms with van der Waals surface area (Å²) in [5.74, 6) is 0. The van der Waals surface area contributed by atoms with Gasteiger partial charge in [-0.25, -0.2) is 0 Å². The molecule has 0 amide bonds. The van der Waals surface area contributed by atoms with E-state index >= 15 is 0 Å². The first kappa shape index (κ1) is 9.56. The van der Waals surface area contributed by atoms with Crippen LogP contribution in [0.4, 0.5) is 0 Å². The Kier molecular flexibility index (Phi) is 3.41. The van der Waals surface area contributed by atoms with Gasteiger partial charge < -0.3 is 0 Å². The lowest BCUT2D eigenvalue weighted by Crippen LogP contribution is -1.82. The van der Waals surface area contributed by atoms with Crippen molar-refractivity contribution in [2.45, 2.75) is 25.6 Å². The van der Waals surface area contributed by atoms with Crippen LogP contribution in [0, 0.1) is 6.92 Å². The monoisotopic (exact) mass is 252 g/mol. The van der Waals surface area contributed by atoms with Gasteiger partial charge >= 0.3 is 0 Å². The molecule has 3 heteroatoms. The molecule has 11 heavy (non-hydrogen) atoms. The molecule has 1 aromatic heterocycles. The first-order valence-corrected chi connectivity index (χ1v) is 5.59. The first-order valence-electron chi connectivity index (χ1n) is 3.55. The topological polar surface area (TPSA) is 0 Å². The third kappa shape index (κ3) is 2.20. The zero-order valence-electron chi connectivity index (χ0n) is 6.53. The van der Waals surface area contributed by atoms with Gasteiger partial charge in [0.1, 0.15) is 0 Å². The van der Waals surface area contributed by atoms with Gasteiger partial charge in [-0.15, -0.1) is 22.9 Å². The molecule has 0 fully saturated rings. The highest BCUT2D eigenvalue weighted by atomic mass is 79.9. The van der Waals surface area contributed by atoms with E-state index in [-0.39, 0.29) is 5.38 Å². The van der Waals surface area contributed by atoms with Crippen molar-refractivity contribution in [1.82, 2.24) is 0 Å². The van der Waals surface area contributed by atoms with Crippen LogP contribution in [0.1, 0.15) is 28.5 Å². The third-order valence-corrected chi connectivity index (χ3v) is 4.22. The number of aryl methyl sites for hydroxylation is 1. The van der Waals surface area contributed by atoms with Crippen LogP contribution in [0.25, 0.3) is 0 Å². The van der Waals surface area contributed by atoms with Crippen LogP contribution in [-0.2, 0) is 0 Å². The summed E-state index contributed by atoms with van der Waals surface area (Å²) < 4.78 is 1.15. The Bertz CT molecular complexity index is 244. The Morgan fingerprint density at radius 3 is 2.73 bits per heavy atom. The number of alkyl halides is 1. The van der Waals surface area contributed by atoms with E-state index in [0.717, 1.165) is 10.9 Å². The van der Waals surface area contributed by atoms with Crippen LogP contribution in [0.5, 0.6) is 0 Å². The van der Waals surface area contributed by atoms with Gasteiger partial charge in [0.15, 0.2) is 0 Å². The van der Waals surface area contributed by atoms with Gasteiger partial charge in [-0.1, -0.05) is 6.92 Å². The van der Waals surface area contributed by atoms with Crippen molar-refractivity contribution in [3.05, 3.63) is 20.3 Å². The Balaban J connectivity index is 2.93. The summed E-state index contributed by atoms with van der Waals surface area (Å²) in [7, 11) is 0. The molecule has 1 rings (SSSR count). The number of halogens is 2. The molecule has 0 radical (unpaired) electrons. The molecule has 0 spiro atoms. The van der Waals surface area contributed by atoms with E-state index < -0.39 is 0 Å². The normalized spacial score (nSPS) is 13.5. The van der Waals surface area contributed by atoms with Crippen LogP contribution in [-0.4, -0.2) is 0 Å². The molecule has 0 aromatic carbocycles. The van der Waals surface area contributed by atoms with Crippen molar-refractivity contribution < 1.29 is 0 Å². The molecular weight excluding hydrogens is 244 g/mol. The van der Waals surface area contributed by atoms with Crippen molar-refractivity contribution >= 4 is 38.9 Å². The van der Waals surface area contributed by atoms with Gasteiger partial charge in [0, 0.05) is 14.2 Å². The van der Waals surface area contributed by atoms with E-state index in [1.807, 2.05) is 0 Å². The highest BCUT2D eigenvalue weighted by Crippen LogP contribution is 2.36. The fraction of sp³-hybridized carbons (Fsp3) is 0.500. The fourth-order valence-corrected chi connectivity index (χ4v) is 3.27. The summed E-state index contributed by atoms with van der Waals surface area (Å²) in [6.45, 7) is 4.19. The number of rotatable bonds is 2. The van der Waals surface area contributed by atoms with Crippen molar-refractivity contribution in [2.24, 2.45) is 0 Å². The highest BCUT2D eigenvalue weighted by Gasteiger charge is 2.11. The molecule has 1 atom stereocenters. The molecule has 0 N–H and O–H groups in total. The Morgan fingerprint density at radius 2 is 2.36 bits per heavy atom. The maximum Gasteiger partial charge on any atom is 0.0687 e. The molecule has 1 unspecified atom stereocenters. The molecule has 1 aromatic rings. The standard InChI is InChI=1S/C8H10BrClS/c1-3-7(10)8-6(9)4-5(2)11-8/h4,7H,3H2,1-2H3. The third-order valence-electron chi connectivity index (χ3n) is 1.48. The summed E-state index contributed by atoms with van der Waals surface area (Å²) in [5, 5.41) is 0.170. The van der Waals surface area contributed by atoms with Crippen LogP contribution in [0.2, 0.25) is 0 Å². The van der Waals surface area contributed by atoms with E-state index in [0.29, 0.717) is 0 Å². The van der Waals surface area contributed by atoms with Crippen molar-refractivity contribution in [3.63, 3.8) is 0 Å². The molecule has 0 aliphatic carbocycles. The predicted molar refractivity (Wildman–Crippen MR) is 55.6 cm³/mol. The summed E-state index contributed by atoms with van der Waals surface area (Å²) in [4.78, 5) is 2.57. The molecule has 0 nitrogen and oxygen atoms in total. The maximum absolute atomic E-state index is 6.09. The molecule has 62 valence electrons. The molecule has 0 bridgehead atoms. The number of thiophene rings is 1. The summed E-state index contributed by atoms with van der Waals surface area (Å²) in [6, 6.07) is 2.12. The molecule has 0 aliphatic heterocycles. The second-order valence-electron chi connectivity index (χ2n) is 2.45. The van der Waals surface area contributed by atoms with Gasteiger partial charge in [0.25, 0.3) is 0 Å². The highest BCUT2D eigenvalue weighted by molar-refractivity contribution is 9.10. The zero-order chi connectivity index (χ0) is 8.43. The van der Waals surface area contributed by atoms with Gasteiger partial charge in [0.05, 0.1) is 5.38 Å². The fourth-order valence-electron chi connectivity index (χ4n) is 0.900. The summed E-state index contributed by atoms with van der Waals surface area (Å²) >= 11 is 11.3. The minimum atomic E-state index is 0.170. The lowest BCUT2D eigenvalue weighted by Gasteiger charge is -2.02. The summed E-state index contributed by atoms with van der Waals surface area (Å²) in [5.41, 5.74) is 0. The SMILES string of the molecule is CCC(Cl)c1sc(C)cc1Br. The second kappa shape index (κ2) is 3.92. The summed E-state index contributed by atoms with van der Waals surface area (Å²) in [6.07, 6.45) is 0.986. The first-order chi connectivity index (χ1) is 5.15. The predicted octanol–water partition coefficient (Wildman–Crippen LogP) is 4.51. The minimum Gasteiger partial charge on any atom is -0.143 e. The van der Waals surface area contributed by atoms with Gasteiger partial charge in [0.2, 0.25) is 0 Å². The van der Waals surface area contributed by atoms with E-state index in [4.69, 9.17) is 11.6 Å². The average Bonchev–Trinajstić information content (AvgIpc) is 2.28. The van der Waals surface area contributed by atoms with Gasteiger partial charge in [-0.2, -0.15) is 0 Å². The quantitative estimate of drug-likeness (QED) is 0.680. The molecule has 0 saturated heterocycles. The lowest BCUT2D eigenvalue weighted by molar-refractivity contribution is 0.898. The largest absolute Gasteiger partial charge is 0.143 e. The van der Waals surface area contributed by atoms with E-state index in [1.54, 1.807) is 11.3 Å². The Morgan fingerprint density at radius 1 is 1.73 bits per heavy atom. The smallest absolute Gasteiger partial charge is 0.0687 e. The number of hydrogen-bond donors (Lipinski definition) is 0. The second-order valence-corrected chi connectivity index (χ2v) is 5.11. The van der Waals surface area contributed by atoms with Crippen LogP contribution >= 0.6 is 38.9 Å². The molecule has 1 heterocycles. The van der Waals surface area contributed by atoms with E-state index in [1.165, 1.54) is 9.75 Å². The van der Waals surface area contributed by atoms with Gasteiger partial charge in [-0.05, 0) is 35.3 Å². The minimum absolute atomic E-state index is 0.170. The van der Waals surface area contributed by atoms with E-state index in [9.17, 15) is 0 Å². The maximum atomic E-state index is 6.09. The van der Waals surface area contributed by atoms with Gasteiger partial charge in [-0.3, -0.25) is 0 Å². The van der Waals surface area contributed by atoms with E-state index in [2.05, 4.69) is 35.8 Å². The van der Waals surface area contributed by atoms with Crippen molar-refractivity contribution in [2.75, 3.05) is 0 Å². The Labute approximate surface area is 84.7 Å².